The molecule has 4 aromatic rings. The van der Waals surface area contributed by atoms with Crippen LogP contribution in [0.5, 0.6) is 5.75 Å². The molecule has 1 saturated heterocycles. The fraction of sp³-hybridized carbons (Fsp3) is 0.457. The first-order chi connectivity index (χ1) is 24.9. The summed E-state index contributed by atoms with van der Waals surface area (Å²) in [5.74, 6) is -0.624. The second kappa shape index (κ2) is 11.6. The van der Waals surface area contributed by atoms with Gasteiger partial charge in [0.1, 0.15) is 12.9 Å². The highest BCUT2D eigenvalue weighted by Crippen LogP contribution is 2.72. The third kappa shape index (κ3) is 4.82. The number of amides is 2. The summed E-state index contributed by atoms with van der Waals surface area (Å²) in [7, 11) is 0. The zero-order chi connectivity index (χ0) is 36.3. The number of hydrogen-bond donors (Lipinski definition) is 2. The summed E-state index contributed by atoms with van der Waals surface area (Å²) >= 11 is 6.18. The molecule has 270 valence electrons. The number of benzene rings is 1. The molecule has 2 N–H and O–H groups in total. The number of nitrogens with zero attached hydrogens (tertiary/aromatic N) is 7. The van der Waals surface area contributed by atoms with Crippen LogP contribution < -0.4 is 10.9 Å². The number of carbonyl (C=O) groups excluding carboxylic acids is 2. The van der Waals surface area contributed by atoms with Crippen LogP contribution in [0.1, 0.15) is 76.8 Å². The molecule has 3 aliphatic carbocycles. The molecular weight excluding hydrogens is 705 g/mol. The van der Waals surface area contributed by atoms with Crippen LogP contribution in [0.2, 0.25) is 5.02 Å². The average Bonchev–Trinajstić information content (AvgIpc) is 3.68. The smallest absolute Gasteiger partial charge is 0.416 e. The number of aromatic hydroxyl groups is 1. The summed E-state index contributed by atoms with van der Waals surface area (Å²) in [6, 6.07) is 2.54. The lowest BCUT2D eigenvalue weighted by atomic mass is 9.54. The van der Waals surface area contributed by atoms with E-state index in [1.165, 1.54) is 10.8 Å². The van der Waals surface area contributed by atoms with Gasteiger partial charge in [-0.1, -0.05) is 17.7 Å². The van der Waals surface area contributed by atoms with E-state index in [2.05, 4.69) is 20.4 Å². The molecule has 1 aromatic carbocycles. The van der Waals surface area contributed by atoms with E-state index in [9.17, 15) is 32.7 Å². The topological polar surface area (TPSA) is 157 Å². The SMILES string of the molecule is Cc1ncnc(C(=O)N2CC[C@@]3(c4c(n(CC(=O)Nc5ccc(C(F)(F)F)cc5Cl)c5nc(C6=CCOCC6)nn5c4=O)[C@H]4C[C@H]43)[C@H]3CC[C@H]32)c1O. The maximum Gasteiger partial charge on any atom is 0.416 e. The molecule has 0 radical (unpaired) electrons. The monoisotopic (exact) mass is 736 g/mol. The van der Waals surface area contributed by atoms with Crippen molar-refractivity contribution < 1.29 is 32.6 Å². The second-order valence-electron chi connectivity index (χ2n) is 14.2. The Hall–Kier alpha value is -4.83. The van der Waals surface area contributed by atoms with E-state index in [0.717, 1.165) is 43.0 Å². The van der Waals surface area contributed by atoms with Crippen molar-refractivity contribution in [2.75, 3.05) is 25.1 Å². The number of halogens is 4. The van der Waals surface area contributed by atoms with Crippen molar-refractivity contribution in [3.8, 4) is 5.75 Å². The normalized spacial score (nSPS) is 26.0. The van der Waals surface area contributed by atoms with Crippen LogP contribution >= 0.6 is 11.6 Å². The van der Waals surface area contributed by atoms with Gasteiger partial charge in [0, 0.05) is 35.2 Å². The van der Waals surface area contributed by atoms with Crippen molar-refractivity contribution in [2.24, 2.45) is 11.8 Å². The third-order valence-corrected chi connectivity index (χ3v) is 12.0. The molecule has 13 nitrogen and oxygen atoms in total. The number of nitrogens with one attached hydrogen (secondary N) is 1. The molecule has 2 aliphatic heterocycles. The largest absolute Gasteiger partial charge is 0.504 e. The van der Waals surface area contributed by atoms with Crippen molar-refractivity contribution in [2.45, 2.75) is 69.1 Å². The van der Waals surface area contributed by atoms with Crippen molar-refractivity contribution in [1.82, 2.24) is 34.0 Å². The summed E-state index contributed by atoms with van der Waals surface area (Å²) in [6.45, 7) is 2.49. The Bertz CT molecular complexity index is 2310. The molecule has 5 heterocycles. The summed E-state index contributed by atoms with van der Waals surface area (Å²) in [5.41, 5.74) is 0.565. The molecule has 2 amide bonds. The highest BCUT2D eigenvalue weighted by atomic mass is 35.5. The van der Waals surface area contributed by atoms with E-state index in [1.807, 2.05) is 6.08 Å². The van der Waals surface area contributed by atoms with Crippen molar-refractivity contribution in [3.63, 3.8) is 0 Å². The van der Waals surface area contributed by atoms with Crippen LogP contribution in [0, 0.1) is 18.8 Å². The van der Waals surface area contributed by atoms with Crippen molar-refractivity contribution in [1.29, 1.82) is 0 Å². The number of piperidine rings is 1. The Morgan fingerprint density at radius 1 is 1.19 bits per heavy atom. The fourth-order valence-electron chi connectivity index (χ4n) is 9.19. The molecule has 5 atom stereocenters. The lowest BCUT2D eigenvalue weighted by Gasteiger charge is -2.58. The first-order valence-corrected chi connectivity index (χ1v) is 17.6. The van der Waals surface area contributed by atoms with Gasteiger partial charge in [-0.15, -0.1) is 5.10 Å². The van der Waals surface area contributed by atoms with Crippen LogP contribution in [0.25, 0.3) is 11.4 Å². The van der Waals surface area contributed by atoms with E-state index in [0.29, 0.717) is 55.4 Å². The van der Waals surface area contributed by atoms with Crippen LogP contribution in [-0.4, -0.2) is 76.8 Å². The van der Waals surface area contributed by atoms with E-state index < -0.39 is 23.1 Å². The van der Waals surface area contributed by atoms with Gasteiger partial charge in [0.25, 0.3) is 11.5 Å². The van der Waals surface area contributed by atoms with E-state index >= 15 is 0 Å². The van der Waals surface area contributed by atoms with E-state index in [4.69, 9.17) is 21.3 Å². The van der Waals surface area contributed by atoms with Crippen LogP contribution in [0.4, 0.5) is 18.9 Å². The number of likely N-dealkylation sites (tertiary alicyclic amines) is 1. The third-order valence-electron chi connectivity index (χ3n) is 11.7. The number of carbonyl (C=O) groups is 2. The Morgan fingerprint density at radius 2 is 2.02 bits per heavy atom. The Kier molecular flexibility index (Phi) is 7.36. The molecule has 0 bridgehead atoms. The summed E-state index contributed by atoms with van der Waals surface area (Å²) in [6.07, 6.45) is 1.86. The van der Waals surface area contributed by atoms with Crippen LogP contribution in [0.3, 0.4) is 0 Å². The zero-order valence-corrected chi connectivity index (χ0v) is 28.5. The molecule has 0 unspecified atom stereocenters. The minimum atomic E-state index is -4.60. The second-order valence-corrected chi connectivity index (χ2v) is 14.6. The number of ether oxygens (including phenoxy) is 1. The van der Waals surface area contributed by atoms with Gasteiger partial charge in [-0.05, 0) is 74.6 Å². The molecule has 9 rings (SSSR count). The predicted octanol–water partition coefficient (Wildman–Crippen LogP) is 4.49. The van der Waals surface area contributed by atoms with Gasteiger partial charge in [0.15, 0.2) is 17.3 Å². The highest BCUT2D eigenvalue weighted by molar-refractivity contribution is 6.33. The number of anilines is 1. The Balaban J connectivity index is 1.12. The number of rotatable bonds is 5. The molecule has 17 heteroatoms. The number of alkyl halides is 3. The summed E-state index contributed by atoms with van der Waals surface area (Å²) in [5, 5.41) is 17.7. The van der Waals surface area contributed by atoms with Gasteiger partial charge < -0.3 is 24.6 Å². The summed E-state index contributed by atoms with van der Waals surface area (Å²) in [4.78, 5) is 56.8. The van der Waals surface area contributed by atoms with Gasteiger partial charge in [0.2, 0.25) is 11.7 Å². The standard InChI is InChI=1S/C35H32ClF3N8O5/c1-16-29(49)27(41-15-40-16)32(51)45-9-8-34(20-3-5-24(20)45)21-13-19(21)28-26(34)31(50)47-33(43-30(44-47)17-6-10-52-11-7-17)46(28)14-25(48)42-23-4-2-18(12-22(23)36)35(37,38)39/h2,4,6,12,15,19-21,24,49H,3,5,7-11,13-14H2,1H3,(H,42,48)/t19-,20-,21+,24+,34+/m0/s1. The number of hydrogen-bond acceptors (Lipinski definition) is 9. The molecule has 3 fully saturated rings. The molecule has 52 heavy (non-hydrogen) atoms. The molecular formula is C35H32ClF3N8O5. The van der Waals surface area contributed by atoms with E-state index in [-0.39, 0.29) is 69.7 Å². The van der Waals surface area contributed by atoms with Gasteiger partial charge in [-0.3, -0.25) is 14.4 Å². The van der Waals surface area contributed by atoms with Crippen molar-refractivity contribution in [3.05, 3.63) is 80.0 Å². The predicted molar refractivity (Wildman–Crippen MR) is 179 cm³/mol. The van der Waals surface area contributed by atoms with Crippen LogP contribution in [0.15, 0.2) is 35.4 Å². The van der Waals surface area contributed by atoms with Crippen LogP contribution in [-0.2, 0) is 27.7 Å². The lowest BCUT2D eigenvalue weighted by molar-refractivity contribution is -0.137. The number of fused-ring (bicyclic) bond motifs is 8. The Morgan fingerprint density at radius 3 is 2.73 bits per heavy atom. The Labute approximate surface area is 298 Å². The van der Waals surface area contributed by atoms with E-state index in [1.54, 1.807) is 16.4 Å². The minimum absolute atomic E-state index is 0.0166. The molecule has 3 aromatic heterocycles. The van der Waals surface area contributed by atoms with Gasteiger partial charge in [-0.25, -0.2) is 9.97 Å². The fourth-order valence-corrected chi connectivity index (χ4v) is 9.42. The van der Waals surface area contributed by atoms with Crippen molar-refractivity contribution >= 4 is 40.5 Å². The highest BCUT2D eigenvalue weighted by Gasteiger charge is 2.70. The van der Waals surface area contributed by atoms with Gasteiger partial charge in [0.05, 0.1) is 35.2 Å². The number of aromatic nitrogens is 6. The lowest BCUT2D eigenvalue weighted by Crippen LogP contribution is -2.64. The number of aryl methyl sites for hydroxylation is 1. The summed E-state index contributed by atoms with van der Waals surface area (Å²) < 4.78 is 48.3. The van der Waals surface area contributed by atoms with Gasteiger partial charge >= 0.3 is 6.18 Å². The average molecular weight is 737 g/mol. The first kappa shape index (κ1) is 33.0. The minimum Gasteiger partial charge on any atom is -0.504 e. The van der Waals surface area contributed by atoms with Gasteiger partial charge in [-0.2, -0.15) is 22.7 Å². The molecule has 5 aliphatic rings. The maximum atomic E-state index is 14.7. The molecule has 2 saturated carbocycles. The first-order valence-electron chi connectivity index (χ1n) is 17.2. The molecule has 1 spiro atoms. The zero-order valence-electron chi connectivity index (χ0n) is 27.8. The quantitative estimate of drug-likeness (QED) is 0.302. The maximum absolute atomic E-state index is 14.7.